The van der Waals surface area contributed by atoms with Gasteiger partial charge in [-0.1, -0.05) is 95.3 Å². The minimum atomic E-state index is -3.44. The van der Waals surface area contributed by atoms with Crippen molar-refractivity contribution in [1.82, 2.24) is 4.90 Å². The molecule has 2 aromatic rings. The van der Waals surface area contributed by atoms with Crippen molar-refractivity contribution in [3.8, 4) is 0 Å². The maximum atomic E-state index is 14.6. The minimum absolute atomic E-state index is 0.119. The van der Waals surface area contributed by atoms with E-state index >= 15 is 0 Å². The second kappa shape index (κ2) is 15.8. The highest BCUT2D eigenvalue weighted by atomic mass is 31.2. The third kappa shape index (κ3) is 9.29. The molecule has 2 aromatic carbocycles. The van der Waals surface area contributed by atoms with E-state index in [2.05, 4.69) is 88.0 Å². The summed E-state index contributed by atoms with van der Waals surface area (Å²) in [5.41, 5.74) is 2.38. The van der Waals surface area contributed by atoms with Crippen LogP contribution in [0.5, 0.6) is 0 Å². The molecule has 3 atom stereocenters. The molecule has 0 aliphatic carbocycles. The number of carbonyl (C=O) groups is 1. The molecule has 37 heavy (non-hydrogen) atoms. The number of hydrogen-bond donors (Lipinski definition) is 0. The fourth-order valence-corrected chi connectivity index (χ4v) is 11.0. The van der Waals surface area contributed by atoms with Crippen LogP contribution in [0, 0.1) is 5.92 Å². The topological polar surface area (TPSA) is 55.8 Å². The van der Waals surface area contributed by atoms with Crippen molar-refractivity contribution in [2.45, 2.75) is 91.1 Å². The van der Waals surface area contributed by atoms with Crippen molar-refractivity contribution in [2.75, 3.05) is 12.8 Å². The van der Waals surface area contributed by atoms with Gasteiger partial charge in [0.1, 0.15) is 12.1 Å². The van der Waals surface area contributed by atoms with Crippen LogP contribution >= 0.6 is 7.37 Å². The fraction of sp³-hybridized carbons (Fsp3) is 0.567. The van der Waals surface area contributed by atoms with E-state index in [4.69, 9.17) is 8.95 Å². The average Bonchev–Trinajstić information content (AvgIpc) is 2.90. The van der Waals surface area contributed by atoms with Crippen molar-refractivity contribution >= 4 is 22.0 Å². The third-order valence-corrected chi connectivity index (χ3v) is 14.7. The lowest BCUT2D eigenvalue weighted by molar-refractivity contribution is -0.106. The van der Waals surface area contributed by atoms with E-state index < -0.39 is 21.5 Å². The molecule has 0 N–H and O–H groups in total. The van der Waals surface area contributed by atoms with E-state index in [0.29, 0.717) is 19.0 Å². The Balaban J connectivity index is 2.69. The third-order valence-electron chi connectivity index (χ3n) is 7.34. The van der Waals surface area contributed by atoms with Crippen LogP contribution in [0.3, 0.4) is 0 Å². The van der Waals surface area contributed by atoms with Gasteiger partial charge in [0.25, 0.3) is 0 Å². The Bertz CT molecular complexity index is 903. The van der Waals surface area contributed by atoms with Gasteiger partial charge in [0, 0.05) is 19.1 Å². The van der Waals surface area contributed by atoms with E-state index in [1.165, 1.54) is 11.1 Å². The maximum absolute atomic E-state index is 14.6. The zero-order chi connectivity index (χ0) is 27.3. The number of aldehydes is 1. The molecule has 0 heterocycles. The van der Waals surface area contributed by atoms with Gasteiger partial charge in [-0.15, -0.1) is 0 Å². The van der Waals surface area contributed by atoms with Crippen LogP contribution in [0.4, 0.5) is 0 Å². The first-order valence-corrected chi connectivity index (χ1v) is 18.3. The molecule has 0 saturated heterocycles. The minimum Gasteiger partial charge on any atom is -0.403 e. The van der Waals surface area contributed by atoms with Crippen LogP contribution in [0.25, 0.3) is 0 Å². The molecule has 0 aliphatic heterocycles. The summed E-state index contributed by atoms with van der Waals surface area (Å²) in [6.45, 7) is 14.5. The Morgan fingerprint density at radius 3 is 1.73 bits per heavy atom. The van der Waals surface area contributed by atoms with Crippen LogP contribution in [0.1, 0.15) is 59.1 Å². The summed E-state index contributed by atoms with van der Waals surface area (Å²) in [5, 5.41) is 0. The molecule has 0 fully saturated rings. The van der Waals surface area contributed by atoms with Crippen molar-refractivity contribution < 1.29 is 18.3 Å². The summed E-state index contributed by atoms with van der Waals surface area (Å²) in [5.74, 6) is -0.309. The Labute approximate surface area is 226 Å². The van der Waals surface area contributed by atoms with Crippen molar-refractivity contribution in [3.63, 3.8) is 0 Å². The van der Waals surface area contributed by atoms with Crippen LogP contribution in [0.15, 0.2) is 60.7 Å². The first-order valence-electron chi connectivity index (χ1n) is 13.9. The summed E-state index contributed by atoms with van der Waals surface area (Å²) >= 11 is 0. The number of nitrogens with zero attached hydrogens (tertiary/aromatic N) is 1. The highest BCUT2D eigenvalue weighted by Crippen LogP contribution is 2.56. The van der Waals surface area contributed by atoms with Gasteiger partial charge in [0.2, 0.25) is 7.37 Å². The molecule has 0 amide bonds. The maximum Gasteiger partial charge on any atom is 0.238 e. The van der Waals surface area contributed by atoms with E-state index in [-0.39, 0.29) is 18.8 Å². The van der Waals surface area contributed by atoms with Gasteiger partial charge in [-0.2, -0.15) is 0 Å². The first-order chi connectivity index (χ1) is 17.8. The van der Waals surface area contributed by atoms with Crippen LogP contribution in [-0.4, -0.2) is 44.2 Å². The van der Waals surface area contributed by atoms with Crippen molar-refractivity contribution in [3.05, 3.63) is 71.8 Å². The molecule has 5 nitrogen and oxygen atoms in total. The molecular formula is C30H48NO4PSi. The van der Waals surface area contributed by atoms with E-state index in [1.54, 1.807) is 0 Å². The zero-order valence-electron chi connectivity index (χ0n) is 23.8. The number of rotatable bonds is 18. The highest BCUT2D eigenvalue weighted by Gasteiger charge is 2.47. The summed E-state index contributed by atoms with van der Waals surface area (Å²) in [6, 6.07) is 23.5. The molecule has 0 saturated carbocycles. The predicted octanol–water partition coefficient (Wildman–Crippen LogP) is 7.96. The Hall–Kier alpha value is -1.56. The van der Waals surface area contributed by atoms with Crippen LogP contribution in [0.2, 0.25) is 18.1 Å². The largest absolute Gasteiger partial charge is 0.403 e. The van der Waals surface area contributed by atoms with Crippen LogP contribution < -0.4 is 0 Å². The van der Waals surface area contributed by atoms with Crippen molar-refractivity contribution in [1.29, 1.82) is 0 Å². The summed E-state index contributed by atoms with van der Waals surface area (Å²) in [6.07, 6.45) is 1.43. The smallest absolute Gasteiger partial charge is 0.238 e. The quantitative estimate of drug-likeness (QED) is 0.108. The molecule has 0 aliphatic rings. The molecule has 0 radical (unpaired) electrons. The van der Waals surface area contributed by atoms with Gasteiger partial charge in [-0.3, -0.25) is 9.46 Å². The predicted molar refractivity (Wildman–Crippen MR) is 158 cm³/mol. The molecule has 0 spiro atoms. The second-order valence-electron chi connectivity index (χ2n) is 10.3. The van der Waals surface area contributed by atoms with Gasteiger partial charge in [0.05, 0.1) is 12.8 Å². The fourth-order valence-electron chi connectivity index (χ4n) is 5.08. The molecule has 7 heteroatoms. The second-order valence-corrected chi connectivity index (χ2v) is 17.6. The number of carbonyl (C=O) groups excluding carboxylic acids is 1. The summed E-state index contributed by atoms with van der Waals surface area (Å²) < 4.78 is 27.7. The van der Waals surface area contributed by atoms with E-state index in [9.17, 15) is 9.36 Å². The zero-order valence-corrected chi connectivity index (χ0v) is 25.7. The molecular weight excluding hydrogens is 497 g/mol. The summed E-state index contributed by atoms with van der Waals surface area (Å²) in [4.78, 5) is 14.3. The molecule has 206 valence electrons. The van der Waals surface area contributed by atoms with E-state index in [0.717, 1.165) is 30.8 Å². The molecule has 0 aromatic heterocycles. The molecule has 2 rings (SSSR count). The molecule has 0 bridgehead atoms. The Kier molecular flexibility index (Phi) is 13.5. The lowest BCUT2D eigenvalue weighted by atomic mass is 10.0. The lowest BCUT2D eigenvalue weighted by Crippen LogP contribution is -2.51. The number of hydrogen-bond acceptors (Lipinski definition) is 5. The Morgan fingerprint density at radius 1 is 0.865 bits per heavy atom. The van der Waals surface area contributed by atoms with Gasteiger partial charge < -0.3 is 13.7 Å². The van der Waals surface area contributed by atoms with Crippen molar-refractivity contribution in [2.24, 2.45) is 5.92 Å². The SMILES string of the molecule is CCOP(=O)(CC=O)[C@@H](O[Si](CC)(CC)CC)[C@H](CC(C)C)N(Cc1ccccc1)Cc1ccccc1. The standard InChI is InChI=1S/C30H48NO4PSi/c1-7-34-36(33,22-21-32)30(35-37(8-2,9-3)10-4)29(23-26(5)6)31(24-27-17-13-11-14-18-27)25-28-19-15-12-16-20-28/h11-21,26,29-30H,7-10,22-25H2,1-6H3/t29-,30+,36?/m0/s1. The Morgan fingerprint density at radius 2 is 1.35 bits per heavy atom. The lowest BCUT2D eigenvalue weighted by Gasteiger charge is -2.44. The first kappa shape index (κ1) is 31.7. The van der Waals surface area contributed by atoms with Crippen LogP contribution in [-0.2, 0) is 31.4 Å². The molecule has 1 unspecified atom stereocenters. The van der Waals surface area contributed by atoms with Gasteiger partial charge in [0.15, 0.2) is 8.32 Å². The summed E-state index contributed by atoms with van der Waals surface area (Å²) in [7, 11) is -5.63. The van der Waals surface area contributed by atoms with E-state index in [1.807, 2.05) is 19.1 Å². The normalized spacial score (nSPS) is 15.5. The van der Waals surface area contributed by atoms with Gasteiger partial charge in [-0.05, 0) is 48.5 Å². The van der Waals surface area contributed by atoms with Gasteiger partial charge >= 0.3 is 0 Å². The van der Waals surface area contributed by atoms with Gasteiger partial charge in [-0.25, -0.2) is 0 Å². The average molecular weight is 546 g/mol. The monoisotopic (exact) mass is 545 g/mol. The number of benzene rings is 2. The highest BCUT2D eigenvalue weighted by molar-refractivity contribution is 7.60.